The third-order valence-electron chi connectivity index (χ3n) is 0. The van der Waals surface area contributed by atoms with Crippen molar-refractivity contribution in [2.75, 3.05) is 0 Å². The van der Waals surface area contributed by atoms with E-state index in [4.69, 9.17) is 1.16 Å². The monoisotopic (exact) mass is 416 g/mol. The zero-order valence-corrected chi connectivity index (χ0v) is 8.64. The summed E-state index contributed by atoms with van der Waals surface area (Å²) >= 11 is 1.50. The van der Waals surface area contributed by atoms with Crippen molar-refractivity contribution in [1.82, 2.24) is 0 Å². The van der Waals surface area contributed by atoms with Crippen LogP contribution >= 0.6 is 8.86 Å². The van der Waals surface area contributed by atoms with Gasteiger partial charge in [-0.3, -0.25) is 0 Å². The van der Waals surface area contributed by atoms with E-state index in [1.165, 1.54) is 0 Å². The van der Waals surface area contributed by atoms with Crippen LogP contribution in [0, 0.1) is 38.0 Å². The average Bonchev–Trinajstić information content (AvgIpc) is 1.50. The van der Waals surface area contributed by atoms with Crippen molar-refractivity contribution in [1.29, 1.82) is 0 Å². The Hall–Kier alpha value is 2.23. The normalized spacial score (nSPS) is 2.25. The summed E-state index contributed by atoms with van der Waals surface area (Å²) in [6.07, 6.45) is 0. The van der Waals surface area contributed by atoms with Crippen LogP contribution in [0.15, 0.2) is 0 Å². The summed E-state index contributed by atoms with van der Waals surface area (Å²) in [4.78, 5) is 0. The maximum absolute atomic E-state index is 8.28. The van der Waals surface area contributed by atoms with Gasteiger partial charge in [-0.15, -0.1) is 0 Å². The molecule has 0 spiro atoms. The molecule has 1 nitrogen and oxygen atoms in total. The number of hydrogen-bond acceptors (Lipinski definition) is 2. The Morgan fingerprint density at radius 3 is 1.50 bits per heavy atom. The van der Waals surface area contributed by atoms with Crippen molar-refractivity contribution in [2.24, 2.45) is 0 Å². The molecule has 0 rings (SSSR count). The van der Waals surface area contributed by atoms with E-state index in [0.29, 0.717) is 38.0 Å². The molecule has 0 aromatic carbocycles. The SMILES string of the molecule is [O]=[Gd].[S]=[BiH]. The second-order valence-corrected chi connectivity index (χ2v) is 0. The number of hydrogen-bond donors (Lipinski definition) is 0. The van der Waals surface area contributed by atoms with Crippen molar-refractivity contribution in [3.63, 3.8) is 0 Å². The van der Waals surface area contributed by atoms with E-state index >= 15 is 0 Å². The summed E-state index contributed by atoms with van der Waals surface area (Å²) in [6, 6.07) is 0. The van der Waals surface area contributed by atoms with Gasteiger partial charge in [-0.2, -0.15) is 0 Å². The van der Waals surface area contributed by atoms with Gasteiger partial charge in [-0.1, -0.05) is 0 Å². The van der Waals surface area contributed by atoms with Gasteiger partial charge in [0.2, 0.25) is 0 Å². The maximum atomic E-state index is 8.28. The van der Waals surface area contributed by atoms with Gasteiger partial charge in [0.05, 0.1) is 0 Å². The van der Waals surface area contributed by atoms with Gasteiger partial charge < -0.3 is 0 Å². The molecular weight excluding hydrogens is 414 g/mol. The van der Waals surface area contributed by atoms with E-state index in [1.54, 1.807) is 0 Å². The van der Waals surface area contributed by atoms with Crippen molar-refractivity contribution in [3.05, 3.63) is 0 Å². The van der Waals surface area contributed by atoms with E-state index in [-0.39, 0.29) is 0 Å². The third-order valence-corrected chi connectivity index (χ3v) is 0. The third kappa shape index (κ3) is 8.88. The molecule has 4 heteroatoms. The average molecular weight is 415 g/mol. The Kier molecular flexibility index (Phi) is 44.8. The molecule has 0 bridgehead atoms. The minimum absolute atomic E-state index is 0.611. The molecule has 0 N–H and O–H groups in total. The molecule has 0 aromatic rings. The Labute approximate surface area is 69.1 Å². The summed E-state index contributed by atoms with van der Waals surface area (Å²) in [5.41, 5.74) is 0. The molecule has 0 unspecified atom stereocenters. The van der Waals surface area contributed by atoms with Gasteiger partial charge in [0.15, 0.2) is 0 Å². The quantitative estimate of drug-likeness (QED) is 0.514. The fourth-order valence-electron chi connectivity index (χ4n) is 0. The molecule has 0 aliphatic carbocycles. The van der Waals surface area contributed by atoms with Crippen LogP contribution in [-0.4, -0.2) is 22.7 Å². The Balaban J connectivity index is 0. The minimum atomic E-state index is 0.611. The van der Waals surface area contributed by atoms with Gasteiger partial charge in [-0.05, 0) is 0 Å². The van der Waals surface area contributed by atoms with Crippen LogP contribution in [-0.2, 0) is 1.16 Å². The van der Waals surface area contributed by atoms with E-state index < -0.39 is 0 Å². The topological polar surface area (TPSA) is 17.1 Å². The molecule has 0 aromatic heterocycles. The standard InChI is InChI=1S/Bi.Gd.O.S.H. The van der Waals surface area contributed by atoms with Gasteiger partial charge in [0, 0.05) is 0 Å². The van der Waals surface area contributed by atoms with Crippen LogP contribution in [0.2, 0.25) is 0 Å². The zero-order valence-electron chi connectivity index (χ0n) is 1.67. The molecule has 0 saturated heterocycles. The van der Waals surface area contributed by atoms with E-state index in [2.05, 4.69) is 8.86 Å². The second-order valence-electron chi connectivity index (χ2n) is 0. The Morgan fingerprint density at radius 2 is 1.50 bits per heavy atom. The van der Waals surface area contributed by atoms with Crippen LogP contribution in [0.1, 0.15) is 0 Å². The van der Waals surface area contributed by atoms with Crippen molar-refractivity contribution < 1.29 is 39.2 Å². The van der Waals surface area contributed by atoms with Crippen LogP contribution in [0.5, 0.6) is 0 Å². The van der Waals surface area contributed by atoms with Gasteiger partial charge >= 0.3 is 70.7 Å². The van der Waals surface area contributed by atoms with Gasteiger partial charge in [0.25, 0.3) is 0 Å². The molecule has 0 fully saturated rings. The van der Waals surface area contributed by atoms with Crippen molar-refractivity contribution in [2.45, 2.75) is 0 Å². The fourth-order valence-corrected chi connectivity index (χ4v) is 0. The van der Waals surface area contributed by atoms with Gasteiger partial charge in [0.1, 0.15) is 0 Å². The molecule has 0 saturated carbocycles. The summed E-state index contributed by atoms with van der Waals surface area (Å²) in [7, 11) is 4.22. The second kappa shape index (κ2) is 18.8. The van der Waals surface area contributed by atoms with E-state index in [9.17, 15) is 0 Å². The van der Waals surface area contributed by atoms with Crippen LogP contribution in [0.25, 0.3) is 0 Å². The first kappa shape index (κ1) is 9.52. The molecule has 0 atom stereocenters. The van der Waals surface area contributed by atoms with Crippen molar-refractivity contribution >= 4 is 31.5 Å². The summed E-state index contributed by atoms with van der Waals surface area (Å²) in [5.74, 6) is 0. The van der Waals surface area contributed by atoms with E-state index in [1.807, 2.05) is 0 Å². The van der Waals surface area contributed by atoms with Crippen LogP contribution < -0.4 is 0 Å². The first-order chi connectivity index (χ1) is 2.00. The van der Waals surface area contributed by atoms with Gasteiger partial charge in [-0.25, -0.2) is 0 Å². The summed E-state index contributed by atoms with van der Waals surface area (Å²) < 4.78 is 8.28. The molecule has 0 radical (unpaired) electrons. The fraction of sp³-hybridized carbons (Fsp3) is 0. The van der Waals surface area contributed by atoms with Crippen molar-refractivity contribution in [3.8, 4) is 0 Å². The zero-order chi connectivity index (χ0) is 4.00. The molecule has 0 aliphatic heterocycles. The Morgan fingerprint density at radius 1 is 1.50 bits per heavy atom. The van der Waals surface area contributed by atoms with Crippen LogP contribution in [0.4, 0.5) is 0 Å². The summed E-state index contributed by atoms with van der Waals surface area (Å²) in [5, 5.41) is 0. The molecule has 26 valence electrons. The predicted molar refractivity (Wildman–Crippen MR) is 15.4 cm³/mol. The molecule has 0 heterocycles. The molecular formula is HBiGdOS. The molecule has 0 amide bonds. The van der Waals surface area contributed by atoms with Crippen LogP contribution in [0.3, 0.4) is 0 Å². The molecule has 4 heavy (non-hydrogen) atoms. The first-order valence-corrected chi connectivity index (χ1v) is 6.44. The number of rotatable bonds is 0. The summed E-state index contributed by atoms with van der Waals surface area (Å²) in [6.45, 7) is 0. The molecule has 0 aliphatic rings. The Bertz CT molecular complexity index is 10.0. The predicted octanol–water partition coefficient (Wildman–Crippen LogP) is -0.119. The first-order valence-electron chi connectivity index (χ1n) is 0.348. The van der Waals surface area contributed by atoms with E-state index in [0.717, 1.165) is 22.7 Å².